The van der Waals surface area contributed by atoms with Crippen LogP contribution in [-0.4, -0.2) is 54.3 Å². The van der Waals surface area contributed by atoms with E-state index < -0.39 is 33.4 Å². The third-order valence-electron chi connectivity index (χ3n) is 8.34. The molecule has 0 heterocycles. The van der Waals surface area contributed by atoms with Gasteiger partial charge in [-0.25, -0.2) is 4.79 Å². The number of non-ortho nitro benzene ring substituents is 1. The number of nitrogens with zero attached hydrogens (tertiary/aromatic N) is 1. The molecule has 0 spiro atoms. The van der Waals surface area contributed by atoms with E-state index in [0.717, 1.165) is 5.56 Å². The minimum atomic E-state index is -1.32. The van der Waals surface area contributed by atoms with Gasteiger partial charge in [0.1, 0.15) is 6.79 Å². The van der Waals surface area contributed by atoms with Crippen molar-refractivity contribution in [2.45, 2.75) is 57.8 Å². The average Bonchev–Trinajstić information content (AvgIpc) is 2.93. The molecular formula is C30H39NO8. The fraction of sp³-hybridized carbons (Fsp3) is 0.500. The molecule has 0 bridgehead atoms. The second-order valence-electron chi connectivity index (χ2n) is 10.6. The number of ether oxygens (including phenoxy) is 4. The van der Waals surface area contributed by atoms with Crippen LogP contribution in [0.1, 0.15) is 56.0 Å². The number of nitro benzene ring substituents is 1. The number of carbonyl (C=O) groups is 1. The number of rotatable bonds is 13. The van der Waals surface area contributed by atoms with Gasteiger partial charge in [0.2, 0.25) is 0 Å². The Bertz CT molecular complexity index is 1140. The molecule has 1 saturated carbocycles. The summed E-state index contributed by atoms with van der Waals surface area (Å²) in [6, 6.07) is 15.1. The van der Waals surface area contributed by atoms with Gasteiger partial charge in [0, 0.05) is 37.2 Å². The fourth-order valence-corrected chi connectivity index (χ4v) is 5.49. The molecule has 39 heavy (non-hydrogen) atoms. The standard InChI is InChI=1S/C30H39NO8/c1-22(2)30(33)16-15-29(4,39-21-36-5)28(3,17-18-37-19-23-9-7-6-8-10-23)26(30)20-38-27(32)24-11-13-25(14-12-24)31(34)35/h6-14,26,33H,1,15-21H2,2-5H3/t26-,28-,29-,30-/m0/s1. The predicted molar refractivity (Wildman–Crippen MR) is 146 cm³/mol. The van der Waals surface area contributed by atoms with Gasteiger partial charge < -0.3 is 24.1 Å². The molecule has 0 aromatic heterocycles. The summed E-state index contributed by atoms with van der Waals surface area (Å²) >= 11 is 0. The molecule has 3 rings (SSSR count). The summed E-state index contributed by atoms with van der Waals surface area (Å²) in [6.07, 6.45) is 1.40. The monoisotopic (exact) mass is 541 g/mol. The molecule has 1 N–H and O–H groups in total. The fourth-order valence-electron chi connectivity index (χ4n) is 5.49. The number of nitro groups is 1. The van der Waals surface area contributed by atoms with Crippen molar-refractivity contribution in [2.24, 2.45) is 11.3 Å². The Labute approximate surface area is 229 Å². The summed E-state index contributed by atoms with van der Waals surface area (Å²) < 4.78 is 23.3. The van der Waals surface area contributed by atoms with Crippen LogP contribution in [-0.2, 0) is 25.6 Å². The molecule has 2 aromatic rings. The van der Waals surface area contributed by atoms with Crippen LogP contribution < -0.4 is 0 Å². The number of esters is 1. The van der Waals surface area contributed by atoms with Crippen molar-refractivity contribution in [3.05, 3.63) is 88.0 Å². The molecule has 1 fully saturated rings. The Morgan fingerprint density at radius 3 is 2.38 bits per heavy atom. The minimum absolute atomic E-state index is 0.0672. The van der Waals surface area contributed by atoms with E-state index >= 15 is 0 Å². The van der Waals surface area contributed by atoms with Crippen molar-refractivity contribution >= 4 is 11.7 Å². The SMILES string of the molecule is C=C(C)[C@@]1(O)CC[C@](C)(OCOC)[C@@](C)(CCOCc2ccccc2)[C@@H]1COC(=O)c1ccc([N+](=O)[O-])cc1. The Balaban J connectivity index is 1.86. The van der Waals surface area contributed by atoms with Gasteiger partial charge in [-0.3, -0.25) is 10.1 Å². The first-order valence-electron chi connectivity index (χ1n) is 13.0. The van der Waals surface area contributed by atoms with E-state index in [9.17, 15) is 20.0 Å². The van der Waals surface area contributed by atoms with Crippen LogP contribution in [0.15, 0.2) is 66.7 Å². The van der Waals surface area contributed by atoms with Crippen LogP contribution in [0.5, 0.6) is 0 Å². The third kappa shape index (κ3) is 6.73. The molecule has 0 unspecified atom stereocenters. The molecular weight excluding hydrogens is 502 g/mol. The number of benzene rings is 2. The summed E-state index contributed by atoms with van der Waals surface area (Å²) in [5.41, 5.74) is -1.08. The van der Waals surface area contributed by atoms with E-state index in [1.165, 1.54) is 24.3 Å². The summed E-state index contributed by atoms with van der Waals surface area (Å²) in [5, 5.41) is 22.9. The molecule has 0 radical (unpaired) electrons. The van der Waals surface area contributed by atoms with Gasteiger partial charge in [-0.1, -0.05) is 43.8 Å². The van der Waals surface area contributed by atoms with Gasteiger partial charge in [-0.2, -0.15) is 0 Å². The topological polar surface area (TPSA) is 117 Å². The maximum atomic E-state index is 12.9. The van der Waals surface area contributed by atoms with Crippen molar-refractivity contribution in [3.63, 3.8) is 0 Å². The van der Waals surface area contributed by atoms with Crippen molar-refractivity contribution in [1.29, 1.82) is 0 Å². The summed E-state index contributed by atoms with van der Waals surface area (Å²) in [5.74, 6) is -1.22. The van der Waals surface area contributed by atoms with E-state index in [1.54, 1.807) is 14.0 Å². The summed E-state index contributed by atoms with van der Waals surface area (Å²) in [4.78, 5) is 23.4. The molecule has 0 amide bonds. The lowest BCUT2D eigenvalue weighted by molar-refractivity contribution is -0.384. The van der Waals surface area contributed by atoms with Crippen LogP contribution in [0.4, 0.5) is 5.69 Å². The van der Waals surface area contributed by atoms with Gasteiger partial charge >= 0.3 is 5.97 Å². The first kappa shape index (κ1) is 30.4. The van der Waals surface area contributed by atoms with E-state index in [1.807, 2.05) is 44.2 Å². The summed E-state index contributed by atoms with van der Waals surface area (Å²) in [6.45, 7) is 10.6. The lowest BCUT2D eigenvalue weighted by Gasteiger charge is -2.59. The van der Waals surface area contributed by atoms with E-state index in [-0.39, 0.29) is 24.7 Å². The maximum absolute atomic E-state index is 12.9. The van der Waals surface area contributed by atoms with E-state index in [2.05, 4.69) is 6.58 Å². The molecule has 0 aliphatic heterocycles. The number of hydrogen-bond acceptors (Lipinski definition) is 8. The number of aliphatic hydroxyl groups is 1. The van der Waals surface area contributed by atoms with Gasteiger partial charge in [0.25, 0.3) is 5.69 Å². The van der Waals surface area contributed by atoms with Crippen molar-refractivity contribution in [2.75, 3.05) is 27.1 Å². The highest BCUT2D eigenvalue weighted by Gasteiger charge is 2.61. The lowest BCUT2D eigenvalue weighted by atomic mass is 9.51. The minimum Gasteiger partial charge on any atom is -0.462 e. The van der Waals surface area contributed by atoms with Gasteiger partial charge in [0.05, 0.1) is 34.9 Å². The van der Waals surface area contributed by atoms with Crippen LogP contribution in [0.2, 0.25) is 0 Å². The molecule has 9 nitrogen and oxygen atoms in total. The Hall–Kier alpha value is -3.11. The highest BCUT2D eigenvalue weighted by molar-refractivity contribution is 5.89. The highest BCUT2D eigenvalue weighted by atomic mass is 16.7. The van der Waals surface area contributed by atoms with Gasteiger partial charge in [-0.15, -0.1) is 0 Å². The smallest absolute Gasteiger partial charge is 0.338 e. The zero-order valence-electron chi connectivity index (χ0n) is 23.2. The first-order chi connectivity index (χ1) is 18.5. The number of hydrogen-bond donors (Lipinski definition) is 1. The average molecular weight is 542 g/mol. The largest absolute Gasteiger partial charge is 0.462 e. The van der Waals surface area contributed by atoms with Gasteiger partial charge in [0.15, 0.2) is 0 Å². The van der Waals surface area contributed by atoms with Crippen molar-refractivity contribution < 1.29 is 33.8 Å². The van der Waals surface area contributed by atoms with E-state index in [0.29, 0.717) is 38.0 Å². The van der Waals surface area contributed by atoms with Crippen molar-refractivity contribution in [1.82, 2.24) is 0 Å². The van der Waals surface area contributed by atoms with Gasteiger partial charge in [-0.05, 0) is 56.4 Å². The summed E-state index contributed by atoms with van der Waals surface area (Å²) in [7, 11) is 1.56. The normalized spacial score (nSPS) is 26.6. The Morgan fingerprint density at radius 2 is 1.79 bits per heavy atom. The molecule has 2 aromatic carbocycles. The number of carbonyl (C=O) groups excluding carboxylic acids is 1. The molecule has 1 aliphatic carbocycles. The second-order valence-corrected chi connectivity index (χ2v) is 10.6. The predicted octanol–water partition coefficient (Wildman–Crippen LogP) is 5.46. The molecule has 9 heteroatoms. The molecule has 4 atom stereocenters. The van der Waals surface area contributed by atoms with Crippen LogP contribution in [0, 0.1) is 21.4 Å². The van der Waals surface area contributed by atoms with E-state index in [4.69, 9.17) is 18.9 Å². The maximum Gasteiger partial charge on any atom is 0.338 e. The Kier molecular flexibility index (Phi) is 10.0. The quantitative estimate of drug-likeness (QED) is 0.0887. The number of methoxy groups -OCH3 is 1. The first-order valence-corrected chi connectivity index (χ1v) is 13.0. The third-order valence-corrected chi connectivity index (χ3v) is 8.34. The van der Waals surface area contributed by atoms with Crippen molar-refractivity contribution in [3.8, 4) is 0 Å². The van der Waals surface area contributed by atoms with Crippen LogP contribution >= 0.6 is 0 Å². The molecule has 1 aliphatic rings. The van der Waals surface area contributed by atoms with Crippen LogP contribution in [0.25, 0.3) is 0 Å². The van der Waals surface area contributed by atoms with Crippen LogP contribution in [0.3, 0.4) is 0 Å². The lowest BCUT2D eigenvalue weighted by Crippen LogP contribution is -2.64. The second kappa shape index (κ2) is 12.8. The highest BCUT2D eigenvalue weighted by Crippen LogP contribution is 2.57. The zero-order chi connectivity index (χ0) is 28.7. The zero-order valence-corrected chi connectivity index (χ0v) is 23.2. The molecule has 212 valence electrons. The molecule has 0 saturated heterocycles. The Morgan fingerprint density at radius 1 is 1.13 bits per heavy atom.